The van der Waals surface area contributed by atoms with Crippen molar-refractivity contribution in [1.82, 2.24) is 0 Å². The summed E-state index contributed by atoms with van der Waals surface area (Å²) < 4.78 is 0. The van der Waals surface area contributed by atoms with Gasteiger partial charge in [0, 0.05) is 0 Å². The topological polar surface area (TPSA) is 0 Å². The second-order valence-electron chi connectivity index (χ2n) is 5.47. The molecule has 0 aromatic carbocycles. The van der Waals surface area contributed by atoms with Crippen LogP contribution in [0.4, 0.5) is 0 Å². The molecule has 0 aromatic heterocycles. The average Bonchev–Trinajstić information content (AvgIpc) is 2.33. The van der Waals surface area contributed by atoms with Crippen molar-refractivity contribution in [3.63, 3.8) is 0 Å². The van der Waals surface area contributed by atoms with Crippen molar-refractivity contribution in [2.75, 3.05) is 24.6 Å². The number of rotatable bonds is 11. The van der Waals surface area contributed by atoms with Crippen LogP contribution in [0, 0.1) is 0 Å². The van der Waals surface area contributed by atoms with Crippen molar-refractivity contribution < 1.29 is 0 Å². The first kappa shape index (κ1) is 16.4. The van der Waals surface area contributed by atoms with Crippen molar-refractivity contribution in [3.05, 3.63) is 0 Å². The first-order chi connectivity index (χ1) is 7.74. The van der Waals surface area contributed by atoms with Crippen LogP contribution < -0.4 is 0 Å². The fourth-order valence-electron chi connectivity index (χ4n) is 2.76. The van der Waals surface area contributed by atoms with Gasteiger partial charge in [-0.15, -0.1) is 0 Å². The predicted octanol–water partition coefficient (Wildman–Crippen LogP) is 5.55. The zero-order valence-corrected chi connectivity index (χ0v) is 13.3. The molecule has 0 aliphatic heterocycles. The molecule has 1 heteroatoms. The van der Waals surface area contributed by atoms with Crippen LogP contribution in [0.25, 0.3) is 0 Å². The van der Waals surface area contributed by atoms with E-state index in [1.54, 1.807) is 12.3 Å². The summed E-state index contributed by atoms with van der Waals surface area (Å²) in [5.41, 5.74) is 0. The van der Waals surface area contributed by atoms with Gasteiger partial charge in [-0.05, 0) is 0 Å². The van der Waals surface area contributed by atoms with E-state index in [0.29, 0.717) is 0 Å². The van der Waals surface area contributed by atoms with Crippen LogP contribution in [-0.4, -0.2) is 24.6 Å². The number of hydrogen-bond acceptors (Lipinski definition) is 0. The van der Waals surface area contributed by atoms with Crippen LogP contribution in [0.5, 0.6) is 0 Å². The monoisotopic (exact) mass is 246 g/mol. The van der Waals surface area contributed by atoms with E-state index >= 15 is 0 Å². The molecule has 0 nitrogen and oxygen atoms in total. The van der Waals surface area contributed by atoms with E-state index in [-0.39, 0.29) is 0 Å². The minimum absolute atomic E-state index is 0.831. The summed E-state index contributed by atoms with van der Waals surface area (Å²) >= 11 is 0. The Balaban J connectivity index is 3.90. The van der Waals surface area contributed by atoms with Gasteiger partial charge in [-0.25, -0.2) is 0 Å². The molecule has 0 rings (SSSR count). The van der Waals surface area contributed by atoms with E-state index in [0.717, 1.165) is 0 Å². The standard InChI is InChI=1S/C15H35P/c1-5-9-11-13-15-16(7-3,8-4)14-12-10-6-2/h16H,5-15H2,1-4H3. The Morgan fingerprint density at radius 2 is 1.00 bits per heavy atom. The van der Waals surface area contributed by atoms with Crippen molar-refractivity contribution >= 4 is 7.26 Å². The van der Waals surface area contributed by atoms with E-state index in [1.807, 2.05) is 0 Å². The van der Waals surface area contributed by atoms with Gasteiger partial charge in [0.2, 0.25) is 0 Å². The average molecular weight is 246 g/mol. The summed E-state index contributed by atoms with van der Waals surface area (Å²) in [7, 11) is -0.831. The van der Waals surface area contributed by atoms with Gasteiger partial charge in [0.1, 0.15) is 0 Å². The third-order valence-electron chi connectivity index (χ3n) is 4.37. The van der Waals surface area contributed by atoms with Gasteiger partial charge in [-0.2, -0.15) is 0 Å². The Hall–Kier alpha value is 0.430. The number of hydrogen-bond donors (Lipinski definition) is 0. The van der Waals surface area contributed by atoms with Gasteiger partial charge < -0.3 is 0 Å². The third kappa shape index (κ3) is 6.89. The Kier molecular flexibility index (Phi) is 10.9. The summed E-state index contributed by atoms with van der Waals surface area (Å²) in [6.45, 7) is 9.55. The molecular weight excluding hydrogens is 211 g/mol. The maximum atomic E-state index is 2.46. The van der Waals surface area contributed by atoms with Crippen molar-refractivity contribution in [3.8, 4) is 0 Å². The summed E-state index contributed by atoms with van der Waals surface area (Å²) in [6, 6.07) is 0. The molecule has 0 atom stereocenters. The van der Waals surface area contributed by atoms with Gasteiger partial charge in [-0.3, -0.25) is 0 Å². The van der Waals surface area contributed by atoms with Gasteiger partial charge in [0.25, 0.3) is 0 Å². The van der Waals surface area contributed by atoms with E-state index in [2.05, 4.69) is 27.7 Å². The van der Waals surface area contributed by atoms with E-state index in [4.69, 9.17) is 0 Å². The van der Waals surface area contributed by atoms with Gasteiger partial charge in [0.05, 0.1) is 0 Å². The number of unbranched alkanes of at least 4 members (excludes halogenated alkanes) is 5. The molecule has 0 fully saturated rings. The second-order valence-corrected chi connectivity index (χ2v) is 10.9. The third-order valence-corrected chi connectivity index (χ3v) is 10.2. The second kappa shape index (κ2) is 10.6. The Labute approximate surface area is 105 Å². The summed E-state index contributed by atoms with van der Waals surface area (Å²) in [5, 5.41) is 0. The SMILES string of the molecule is CCCCCC[PH](CC)(CC)CCCCC. The van der Waals surface area contributed by atoms with Gasteiger partial charge >= 0.3 is 105 Å². The van der Waals surface area contributed by atoms with Crippen LogP contribution in [0.2, 0.25) is 0 Å². The minimum atomic E-state index is -0.831. The van der Waals surface area contributed by atoms with Crippen LogP contribution in [-0.2, 0) is 0 Å². The fourth-order valence-corrected chi connectivity index (χ4v) is 6.92. The molecule has 0 spiro atoms. The van der Waals surface area contributed by atoms with Crippen molar-refractivity contribution in [2.24, 2.45) is 0 Å². The zero-order chi connectivity index (χ0) is 12.3. The molecule has 0 aromatic rings. The molecule has 0 N–H and O–H groups in total. The predicted molar refractivity (Wildman–Crippen MR) is 82.8 cm³/mol. The van der Waals surface area contributed by atoms with E-state index in [1.165, 1.54) is 57.3 Å². The van der Waals surface area contributed by atoms with Crippen molar-refractivity contribution in [1.29, 1.82) is 0 Å². The first-order valence-corrected chi connectivity index (χ1v) is 10.6. The molecule has 0 heterocycles. The van der Waals surface area contributed by atoms with Crippen LogP contribution >= 0.6 is 7.26 Å². The molecular formula is C15H35P. The molecule has 0 bridgehead atoms. The van der Waals surface area contributed by atoms with Crippen LogP contribution in [0.3, 0.4) is 0 Å². The Morgan fingerprint density at radius 3 is 1.44 bits per heavy atom. The maximum absolute atomic E-state index is 2.46. The van der Waals surface area contributed by atoms with Gasteiger partial charge in [-0.1, -0.05) is 0 Å². The molecule has 0 aliphatic rings. The fraction of sp³-hybridized carbons (Fsp3) is 1.00. The normalized spacial score (nSPS) is 13.0. The molecule has 100 valence electrons. The zero-order valence-electron chi connectivity index (χ0n) is 12.3. The molecule has 0 saturated heterocycles. The molecule has 16 heavy (non-hydrogen) atoms. The van der Waals surface area contributed by atoms with Crippen LogP contribution in [0.15, 0.2) is 0 Å². The first-order valence-electron chi connectivity index (χ1n) is 7.74. The summed E-state index contributed by atoms with van der Waals surface area (Å²) in [5.74, 6) is 0. The van der Waals surface area contributed by atoms with Gasteiger partial charge in [0.15, 0.2) is 0 Å². The van der Waals surface area contributed by atoms with E-state index < -0.39 is 7.26 Å². The van der Waals surface area contributed by atoms with E-state index in [9.17, 15) is 0 Å². The Morgan fingerprint density at radius 1 is 0.562 bits per heavy atom. The molecule has 0 saturated carbocycles. The molecule has 0 unspecified atom stereocenters. The molecule has 0 radical (unpaired) electrons. The molecule has 0 amide bonds. The van der Waals surface area contributed by atoms with Crippen LogP contribution in [0.1, 0.15) is 72.6 Å². The molecule has 0 aliphatic carbocycles. The quantitative estimate of drug-likeness (QED) is 0.331. The summed E-state index contributed by atoms with van der Waals surface area (Å²) in [4.78, 5) is 0. The van der Waals surface area contributed by atoms with Crippen molar-refractivity contribution in [2.45, 2.75) is 72.6 Å². The summed E-state index contributed by atoms with van der Waals surface area (Å²) in [6.07, 6.45) is 16.5. The Bertz CT molecular complexity index is 138.